The van der Waals surface area contributed by atoms with Gasteiger partial charge in [0.1, 0.15) is 27.0 Å². The third kappa shape index (κ3) is 4.93. The molecule has 208 valence electrons. The van der Waals surface area contributed by atoms with Gasteiger partial charge in [-0.3, -0.25) is 4.79 Å². The van der Waals surface area contributed by atoms with Crippen molar-refractivity contribution in [3.8, 4) is 33.9 Å². The molecule has 0 spiro atoms. The molecule has 1 amide bonds. The van der Waals surface area contributed by atoms with E-state index in [1.165, 1.54) is 17.4 Å². The van der Waals surface area contributed by atoms with Crippen LogP contribution in [-0.4, -0.2) is 56.2 Å². The second kappa shape index (κ2) is 11.1. The maximum absolute atomic E-state index is 14.3. The Labute approximate surface area is 241 Å². The largest absolute Gasteiger partial charge is 0.497 e. The molecule has 0 aliphatic carbocycles. The number of pyridine rings is 1. The van der Waals surface area contributed by atoms with Crippen molar-refractivity contribution in [3.63, 3.8) is 0 Å². The Morgan fingerprint density at radius 1 is 0.902 bits per heavy atom. The molecular weight excluding hydrogens is 539 g/mol. The number of hydrogen-bond donors (Lipinski definition) is 1. The van der Waals surface area contributed by atoms with Gasteiger partial charge in [0.15, 0.2) is 0 Å². The Bertz CT molecular complexity index is 1730. The Balaban J connectivity index is 1.42. The van der Waals surface area contributed by atoms with Gasteiger partial charge in [-0.25, -0.2) is 9.37 Å². The smallest absolute Gasteiger partial charge is 0.266 e. The number of benzene rings is 3. The summed E-state index contributed by atoms with van der Waals surface area (Å²) in [5.41, 5.74) is 11.0. The molecule has 0 bridgehead atoms. The van der Waals surface area contributed by atoms with Crippen LogP contribution in [0.3, 0.4) is 0 Å². The summed E-state index contributed by atoms with van der Waals surface area (Å²) in [5.74, 6) is 0.912. The second-order valence-electron chi connectivity index (χ2n) is 9.74. The summed E-state index contributed by atoms with van der Waals surface area (Å²) in [6.07, 6.45) is 0. The monoisotopic (exact) mass is 568 g/mol. The van der Waals surface area contributed by atoms with E-state index in [1.54, 1.807) is 31.3 Å². The average molecular weight is 569 g/mol. The Kier molecular flexibility index (Phi) is 7.19. The van der Waals surface area contributed by atoms with Gasteiger partial charge >= 0.3 is 0 Å². The number of thiophene rings is 1. The number of nitrogen functional groups attached to an aromatic ring is 1. The van der Waals surface area contributed by atoms with Gasteiger partial charge in [0.05, 0.1) is 31.3 Å². The number of aromatic nitrogens is 1. The normalized spacial score (nSPS) is 13.4. The molecule has 0 atom stereocenters. The maximum Gasteiger partial charge on any atom is 0.266 e. The van der Waals surface area contributed by atoms with E-state index in [-0.39, 0.29) is 11.7 Å². The van der Waals surface area contributed by atoms with Crippen molar-refractivity contribution in [2.45, 2.75) is 0 Å². The number of nitrogens with two attached hydrogens (primary N) is 1. The first kappa shape index (κ1) is 26.6. The van der Waals surface area contributed by atoms with E-state index in [2.05, 4.69) is 0 Å². The van der Waals surface area contributed by atoms with Crippen LogP contribution < -0.4 is 20.1 Å². The third-order valence-electron chi connectivity index (χ3n) is 7.42. The number of amides is 1. The van der Waals surface area contributed by atoms with E-state index in [1.807, 2.05) is 65.6 Å². The van der Waals surface area contributed by atoms with Crippen LogP contribution in [0.1, 0.15) is 9.67 Å². The highest BCUT2D eigenvalue weighted by molar-refractivity contribution is 7.21. The molecule has 0 saturated carbocycles. The van der Waals surface area contributed by atoms with Crippen LogP contribution in [0.2, 0.25) is 0 Å². The lowest BCUT2D eigenvalue weighted by Gasteiger charge is -2.36. The lowest BCUT2D eigenvalue weighted by atomic mass is 9.98. The van der Waals surface area contributed by atoms with E-state index in [4.69, 9.17) is 20.2 Å². The summed E-state index contributed by atoms with van der Waals surface area (Å²) in [7, 11) is 3.24. The number of carbonyl (C=O) groups is 1. The van der Waals surface area contributed by atoms with Crippen LogP contribution in [-0.2, 0) is 0 Å². The average Bonchev–Trinajstić information content (AvgIpc) is 3.36. The molecule has 0 unspecified atom stereocenters. The van der Waals surface area contributed by atoms with Gasteiger partial charge in [0.25, 0.3) is 5.91 Å². The molecule has 1 aliphatic rings. The van der Waals surface area contributed by atoms with Crippen molar-refractivity contribution >= 4 is 38.8 Å². The predicted octanol–water partition coefficient (Wildman–Crippen LogP) is 6.33. The molecule has 7 nitrogen and oxygen atoms in total. The molecule has 3 heterocycles. The number of methoxy groups -OCH3 is 2. The Hall–Kier alpha value is -4.63. The Morgan fingerprint density at radius 2 is 1.63 bits per heavy atom. The van der Waals surface area contributed by atoms with Gasteiger partial charge < -0.3 is 25.0 Å². The first-order valence-electron chi connectivity index (χ1n) is 13.3. The molecule has 2 aromatic heterocycles. The third-order valence-corrected chi connectivity index (χ3v) is 8.51. The molecule has 3 aromatic carbocycles. The van der Waals surface area contributed by atoms with E-state index in [0.29, 0.717) is 64.1 Å². The van der Waals surface area contributed by atoms with E-state index >= 15 is 0 Å². The van der Waals surface area contributed by atoms with Crippen molar-refractivity contribution in [2.24, 2.45) is 0 Å². The van der Waals surface area contributed by atoms with Gasteiger partial charge in [0, 0.05) is 48.3 Å². The summed E-state index contributed by atoms with van der Waals surface area (Å²) in [5, 5.41) is 0.703. The number of rotatable bonds is 6. The molecule has 41 heavy (non-hydrogen) atoms. The van der Waals surface area contributed by atoms with Gasteiger partial charge in [-0.05, 0) is 36.4 Å². The number of anilines is 2. The first-order valence-corrected chi connectivity index (χ1v) is 14.1. The van der Waals surface area contributed by atoms with Crippen LogP contribution >= 0.6 is 11.3 Å². The fourth-order valence-electron chi connectivity index (χ4n) is 5.28. The molecule has 1 saturated heterocycles. The fourth-order valence-corrected chi connectivity index (χ4v) is 6.36. The van der Waals surface area contributed by atoms with Crippen molar-refractivity contribution < 1.29 is 18.7 Å². The van der Waals surface area contributed by atoms with Gasteiger partial charge in [-0.1, -0.05) is 42.5 Å². The van der Waals surface area contributed by atoms with Crippen molar-refractivity contribution in [2.75, 3.05) is 51.0 Å². The number of hydrogen-bond acceptors (Lipinski definition) is 7. The number of para-hydroxylation sites is 1. The highest BCUT2D eigenvalue weighted by atomic mass is 32.1. The number of piperazine rings is 1. The number of nitrogens with zero attached hydrogens (tertiary/aromatic N) is 3. The highest BCUT2D eigenvalue weighted by Crippen LogP contribution is 2.45. The second-order valence-corrected chi connectivity index (χ2v) is 10.7. The zero-order valence-corrected chi connectivity index (χ0v) is 23.6. The van der Waals surface area contributed by atoms with Crippen molar-refractivity contribution in [1.82, 2.24) is 9.88 Å². The summed E-state index contributed by atoms with van der Waals surface area (Å²) in [6, 6.07) is 24.2. The van der Waals surface area contributed by atoms with Crippen LogP contribution in [0.5, 0.6) is 11.5 Å². The molecule has 0 radical (unpaired) electrons. The lowest BCUT2D eigenvalue weighted by Crippen LogP contribution is -2.49. The molecule has 6 rings (SSSR count). The van der Waals surface area contributed by atoms with Crippen molar-refractivity contribution in [1.29, 1.82) is 0 Å². The minimum absolute atomic E-state index is 0.150. The molecule has 1 aliphatic heterocycles. The highest BCUT2D eigenvalue weighted by Gasteiger charge is 2.29. The molecule has 1 fully saturated rings. The number of halogens is 1. The molecule has 9 heteroatoms. The zero-order chi connectivity index (χ0) is 28.5. The summed E-state index contributed by atoms with van der Waals surface area (Å²) in [6.45, 7) is 1.97. The van der Waals surface area contributed by atoms with Gasteiger partial charge in [-0.15, -0.1) is 11.3 Å². The summed E-state index contributed by atoms with van der Waals surface area (Å²) >= 11 is 1.29. The molecule has 2 N–H and O–H groups in total. The first-order chi connectivity index (χ1) is 20.0. The molecular formula is C32H29FN4O3S. The van der Waals surface area contributed by atoms with Gasteiger partial charge in [-0.2, -0.15) is 0 Å². The number of carbonyl (C=O) groups excluding carboxylic acids is 1. The predicted molar refractivity (Wildman–Crippen MR) is 163 cm³/mol. The summed E-state index contributed by atoms with van der Waals surface area (Å²) in [4.78, 5) is 23.6. The minimum atomic E-state index is -0.262. The molecule has 5 aromatic rings. The van der Waals surface area contributed by atoms with Gasteiger partial charge in [0.2, 0.25) is 0 Å². The van der Waals surface area contributed by atoms with E-state index in [9.17, 15) is 9.18 Å². The Morgan fingerprint density at radius 3 is 2.34 bits per heavy atom. The van der Waals surface area contributed by atoms with E-state index < -0.39 is 0 Å². The topological polar surface area (TPSA) is 80.9 Å². The minimum Gasteiger partial charge on any atom is -0.497 e. The zero-order valence-electron chi connectivity index (χ0n) is 22.8. The maximum atomic E-state index is 14.3. The van der Waals surface area contributed by atoms with Crippen LogP contribution in [0.15, 0.2) is 78.9 Å². The number of fused-ring (bicyclic) bond motifs is 1. The van der Waals surface area contributed by atoms with Crippen LogP contribution in [0.4, 0.5) is 15.8 Å². The summed E-state index contributed by atoms with van der Waals surface area (Å²) < 4.78 is 25.6. The fraction of sp³-hybridized carbons (Fsp3) is 0.188. The SMILES string of the molecule is COc1ccc(OC)c(-c2cc(-c3ccccc3)nc3sc(C(=O)N4CCN(c5ccccc5F)CC4)c(N)c23)c1. The van der Waals surface area contributed by atoms with Crippen LogP contribution in [0, 0.1) is 5.82 Å². The standard InChI is InChI=1S/C32H29FN4O3S/c1-39-21-12-13-27(40-2)22(18-21)23-19-25(20-8-4-3-5-9-20)35-31-28(23)29(34)30(41-31)32(38)37-16-14-36(15-17-37)26-11-7-6-10-24(26)33/h3-13,18-19H,14-17,34H2,1-2H3. The van der Waals surface area contributed by atoms with Crippen molar-refractivity contribution in [3.05, 3.63) is 89.6 Å². The quantitative estimate of drug-likeness (QED) is 0.258. The van der Waals surface area contributed by atoms with Crippen LogP contribution in [0.25, 0.3) is 32.6 Å². The van der Waals surface area contributed by atoms with E-state index in [0.717, 1.165) is 22.4 Å². The lowest BCUT2D eigenvalue weighted by molar-refractivity contribution is 0.0752. The number of ether oxygens (including phenoxy) is 2.